The molecule has 43 heavy (non-hydrogen) atoms. The van der Waals surface area contributed by atoms with Crippen molar-refractivity contribution in [2.24, 2.45) is 5.92 Å². The molecule has 0 saturated carbocycles. The molecule has 0 bridgehead atoms. The highest BCUT2D eigenvalue weighted by molar-refractivity contribution is 5.99. The topological polar surface area (TPSA) is 148 Å². The number of ether oxygens (including phenoxy) is 3. The van der Waals surface area contributed by atoms with E-state index < -0.39 is 36.0 Å². The summed E-state index contributed by atoms with van der Waals surface area (Å²) in [6.07, 6.45) is 0.636. The average Bonchev–Trinajstić information content (AvgIpc) is 3.62. The van der Waals surface area contributed by atoms with Crippen LogP contribution >= 0.6 is 0 Å². The van der Waals surface area contributed by atoms with Crippen LogP contribution in [0.4, 0.5) is 0 Å². The molecule has 11 heteroatoms. The van der Waals surface area contributed by atoms with Gasteiger partial charge in [0.15, 0.2) is 28.6 Å². The highest BCUT2D eigenvalue weighted by Crippen LogP contribution is 2.51. The van der Waals surface area contributed by atoms with Crippen molar-refractivity contribution >= 4 is 29.1 Å². The molecule has 1 aliphatic carbocycles. The van der Waals surface area contributed by atoms with Gasteiger partial charge in [-0.05, 0) is 42.7 Å². The number of fused-ring (bicyclic) bond motifs is 4. The fraction of sp³-hybridized carbons (Fsp3) is 0.406. The Bertz CT molecular complexity index is 1560. The van der Waals surface area contributed by atoms with Gasteiger partial charge in [0.25, 0.3) is 5.91 Å². The van der Waals surface area contributed by atoms with Crippen LogP contribution in [0.15, 0.2) is 52.5 Å². The number of para-hydroxylation sites is 1. The summed E-state index contributed by atoms with van der Waals surface area (Å²) < 4.78 is 23.1. The second kappa shape index (κ2) is 12.5. The maximum absolute atomic E-state index is 14.1. The van der Waals surface area contributed by atoms with Gasteiger partial charge in [0.05, 0.1) is 32.8 Å². The molecular weight excluding hydrogens is 556 g/mol. The first-order valence-electron chi connectivity index (χ1n) is 14.2. The fourth-order valence-electron chi connectivity index (χ4n) is 5.79. The van der Waals surface area contributed by atoms with Crippen molar-refractivity contribution in [1.29, 1.82) is 0 Å². The summed E-state index contributed by atoms with van der Waals surface area (Å²) in [7, 11) is 2.96. The normalized spacial score (nSPS) is 20.6. The Balaban J connectivity index is 1.61. The standard InChI is InChI=1S/C32H36N2O9/c1-17(2)8-10-34(32(39)25-14-19-6-5-7-23(40-3)28(19)42-25)22-15-21(31(38)33-9-11-35)26-20-12-18(16-36)13-24(41-4)29(20)43-30(26)27(22)37/h5-7,12-17,22,26-27,30,35,37H,8-11H2,1-4H3,(H,33,38)/t22-,26+,27+,30+/m1/s1. The van der Waals surface area contributed by atoms with Gasteiger partial charge >= 0.3 is 0 Å². The van der Waals surface area contributed by atoms with Gasteiger partial charge in [-0.15, -0.1) is 0 Å². The third-order valence-electron chi connectivity index (χ3n) is 7.92. The van der Waals surface area contributed by atoms with Gasteiger partial charge in [-0.1, -0.05) is 26.0 Å². The van der Waals surface area contributed by atoms with E-state index in [1.54, 1.807) is 30.3 Å². The molecule has 4 atom stereocenters. The predicted octanol–water partition coefficient (Wildman–Crippen LogP) is 3.07. The number of carbonyl (C=O) groups excluding carboxylic acids is 3. The monoisotopic (exact) mass is 592 g/mol. The summed E-state index contributed by atoms with van der Waals surface area (Å²) in [5.41, 5.74) is 1.50. The van der Waals surface area contributed by atoms with E-state index in [9.17, 15) is 24.6 Å². The molecule has 0 spiro atoms. The van der Waals surface area contributed by atoms with Crippen LogP contribution in [0.25, 0.3) is 11.0 Å². The van der Waals surface area contributed by atoms with Crippen LogP contribution in [-0.4, -0.2) is 85.4 Å². The van der Waals surface area contributed by atoms with Crippen molar-refractivity contribution in [1.82, 2.24) is 10.2 Å². The minimum Gasteiger partial charge on any atom is -0.493 e. The molecule has 11 nitrogen and oxygen atoms in total. The van der Waals surface area contributed by atoms with E-state index >= 15 is 0 Å². The number of hydrogen-bond donors (Lipinski definition) is 3. The van der Waals surface area contributed by atoms with E-state index in [1.807, 2.05) is 19.9 Å². The molecule has 0 radical (unpaired) electrons. The highest BCUT2D eigenvalue weighted by atomic mass is 16.5. The first kappa shape index (κ1) is 30.1. The van der Waals surface area contributed by atoms with Crippen molar-refractivity contribution in [2.45, 2.75) is 44.4 Å². The number of aliphatic hydroxyl groups is 2. The van der Waals surface area contributed by atoms with Gasteiger partial charge in [0.2, 0.25) is 5.91 Å². The van der Waals surface area contributed by atoms with E-state index in [0.29, 0.717) is 46.3 Å². The molecule has 0 fully saturated rings. The number of methoxy groups -OCH3 is 2. The number of aldehydes is 1. The Hall–Kier alpha value is -4.35. The predicted molar refractivity (Wildman–Crippen MR) is 157 cm³/mol. The van der Waals surface area contributed by atoms with Gasteiger partial charge in [-0.25, -0.2) is 0 Å². The van der Waals surface area contributed by atoms with Gasteiger partial charge < -0.3 is 39.1 Å². The third-order valence-corrected chi connectivity index (χ3v) is 7.92. The molecule has 0 unspecified atom stereocenters. The third kappa shape index (κ3) is 5.57. The number of aliphatic hydroxyl groups excluding tert-OH is 2. The van der Waals surface area contributed by atoms with E-state index in [0.717, 1.165) is 0 Å². The van der Waals surface area contributed by atoms with Crippen molar-refractivity contribution < 1.29 is 43.2 Å². The van der Waals surface area contributed by atoms with Crippen molar-refractivity contribution in [3.05, 3.63) is 64.9 Å². The maximum Gasteiger partial charge on any atom is 0.290 e. The number of amides is 2. The maximum atomic E-state index is 14.1. The zero-order chi connectivity index (χ0) is 30.8. The zero-order valence-corrected chi connectivity index (χ0v) is 24.5. The van der Waals surface area contributed by atoms with Gasteiger partial charge in [-0.3, -0.25) is 14.4 Å². The number of nitrogens with one attached hydrogen (secondary N) is 1. The quantitative estimate of drug-likeness (QED) is 0.286. The Labute approximate surface area is 249 Å². The van der Waals surface area contributed by atoms with Crippen LogP contribution in [0, 0.1) is 5.92 Å². The van der Waals surface area contributed by atoms with Gasteiger partial charge in [-0.2, -0.15) is 0 Å². The smallest absolute Gasteiger partial charge is 0.290 e. The van der Waals surface area contributed by atoms with Crippen LogP contribution in [-0.2, 0) is 4.79 Å². The van der Waals surface area contributed by atoms with Gasteiger partial charge in [0.1, 0.15) is 18.5 Å². The molecule has 228 valence electrons. The molecule has 1 aliphatic heterocycles. The largest absolute Gasteiger partial charge is 0.493 e. The lowest BCUT2D eigenvalue weighted by Gasteiger charge is -2.40. The van der Waals surface area contributed by atoms with Crippen molar-refractivity contribution in [3.8, 4) is 17.2 Å². The molecule has 2 heterocycles. The van der Waals surface area contributed by atoms with Crippen LogP contribution in [0.1, 0.15) is 52.7 Å². The Morgan fingerprint density at radius 1 is 1.14 bits per heavy atom. The lowest BCUT2D eigenvalue weighted by molar-refractivity contribution is -0.118. The van der Waals surface area contributed by atoms with Gasteiger partial charge in [0, 0.05) is 35.2 Å². The molecule has 3 aromatic rings. The first-order chi connectivity index (χ1) is 20.7. The minimum absolute atomic E-state index is 0.00298. The summed E-state index contributed by atoms with van der Waals surface area (Å²) in [6.45, 7) is 4.04. The van der Waals surface area contributed by atoms with Crippen LogP contribution in [0.3, 0.4) is 0 Å². The van der Waals surface area contributed by atoms with Crippen LogP contribution in [0.2, 0.25) is 0 Å². The molecule has 2 amide bonds. The van der Waals surface area contributed by atoms with Crippen molar-refractivity contribution in [2.75, 3.05) is 33.9 Å². The molecule has 2 aromatic carbocycles. The lowest BCUT2D eigenvalue weighted by atomic mass is 9.77. The Kier molecular flexibility index (Phi) is 8.74. The molecular formula is C32H36N2O9. The lowest BCUT2D eigenvalue weighted by Crippen LogP contribution is -2.56. The van der Waals surface area contributed by atoms with E-state index in [-0.39, 0.29) is 42.7 Å². The number of nitrogens with zero attached hydrogens (tertiary/aromatic N) is 1. The summed E-state index contributed by atoms with van der Waals surface area (Å²) in [4.78, 5) is 40.9. The molecule has 3 N–H and O–H groups in total. The minimum atomic E-state index is -1.26. The van der Waals surface area contributed by atoms with Crippen molar-refractivity contribution in [3.63, 3.8) is 0 Å². The Morgan fingerprint density at radius 2 is 1.91 bits per heavy atom. The summed E-state index contributed by atoms with van der Waals surface area (Å²) in [5, 5.41) is 24.6. The summed E-state index contributed by atoms with van der Waals surface area (Å²) >= 11 is 0. The highest BCUT2D eigenvalue weighted by Gasteiger charge is 2.51. The number of rotatable bonds is 11. The van der Waals surface area contributed by atoms with E-state index in [1.165, 1.54) is 25.2 Å². The summed E-state index contributed by atoms with van der Waals surface area (Å²) in [6, 6.07) is 9.14. The number of benzene rings is 2. The molecule has 2 aliphatic rings. The average molecular weight is 593 g/mol. The zero-order valence-electron chi connectivity index (χ0n) is 24.5. The van der Waals surface area contributed by atoms with E-state index in [2.05, 4.69) is 5.32 Å². The SMILES string of the molecule is COc1cc(C=O)cc2c1O[C@@H]1[C@@H](O)[C@H](N(CCC(C)C)C(=O)c3cc4cccc(OC)c4o3)C=C(C(=O)NCCO)[C@H]21. The van der Waals surface area contributed by atoms with Crippen LogP contribution in [0.5, 0.6) is 17.2 Å². The Morgan fingerprint density at radius 3 is 2.58 bits per heavy atom. The van der Waals surface area contributed by atoms with Crippen LogP contribution < -0.4 is 19.5 Å². The first-order valence-corrected chi connectivity index (χ1v) is 14.2. The molecule has 0 saturated heterocycles. The number of furan rings is 1. The fourth-order valence-corrected chi connectivity index (χ4v) is 5.79. The summed E-state index contributed by atoms with van der Waals surface area (Å²) in [5.74, 6) is -0.341. The van der Waals surface area contributed by atoms with E-state index in [4.69, 9.17) is 18.6 Å². The second-order valence-corrected chi connectivity index (χ2v) is 11.1. The second-order valence-electron chi connectivity index (χ2n) is 11.1. The molecule has 1 aromatic heterocycles. The number of hydrogen-bond acceptors (Lipinski definition) is 9. The number of carbonyl (C=O) groups is 3. The molecule has 5 rings (SSSR count).